The summed E-state index contributed by atoms with van der Waals surface area (Å²) in [5.74, 6) is 1.82. The van der Waals surface area contributed by atoms with E-state index in [-0.39, 0.29) is 0 Å². The SMILES string of the molecule is Clc1ccc2c(c1)C1(c3ccccc3-2)c2ccccc2-c2c(-c3ccccc3)oc(-c3ccccc3)c21. The average molecular weight is 493 g/mol. The van der Waals surface area contributed by atoms with Gasteiger partial charge in [0.2, 0.25) is 0 Å². The van der Waals surface area contributed by atoms with Crippen LogP contribution in [0.1, 0.15) is 22.3 Å². The van der Waals surface area contributed by atoms with Gasteiger partial charge in [-0.1, -0.05) is 127 Å². The monoisotopic (exact) mass is 492 g/mol. The summed E-state index contributed by atoms with van der Waals surface area (Å²) in [6, 6.07) is 44.9. The maximum Gasteiger partial charge on any atom is 0.142 e. The molecule has 174 valence electrons. The van der Waals surface area contributed by atoms with Gasteiger partial charge >= 0.3 is 0 Å². The summed E-state index contributed by atoms with van der Waals surface area (Å²) in [5, 5.41) is 0.741. The standard InChI is InChI=1S/C35H21ClO/c36-24-19-20-26-25-15-7-9-17-28(25)35(30(26)21-24)29-18-10-8-16-27(29)31-32(35)34(23-13-5-2-6-14-23)37-33(31)22-11-3-1-4-12-22/h1-21H. The van der Waals surface area contributed by atoms with Crippen molar-refractivity contribution in [3.05, 3.63) is 155 Å². The Kier molecular flexibility index (Phi) is 4.27. The van der Waals surface area contributed by atoms with Crippen LogP contribution in [0.2, 0.25) is 5.02 Å². The number of hydrogen-bond acceptors (Lipinski definition) is 1. The molecule has 2 aliphatic rings. The number of halogens is 1. The van der Waals surface area contributed by atoms with Gasteiger partial charge in [0.25, 0.3) is 0 Å². The molecular formula is C35H21ClO. The first kappa shape index (κ1) is 20.8. The predicted molar refractivity (Wildman–Crippen MR) is 151 cm³/mol. The Balaban J connectivity index is 1.61. The molecule has 0 saturated carbocycles. The van der Waals surface area contributed by atoms with Crippen LogP contribution in [0, 0.1) is 0 Å². The average Bonchev–Trinajstić information content (AvgIpc) is 3.58. The van der Waals surface area contributed by atoms with Gasteiger partial charge in [-0.05, 0) is 45.5 Å². The molecule has 5 aromatic carbocycles. The number of benzene rings is 5. The van der Waals surface area contributed by atoms with Crippen LogP contribution in [-0.2, 0) is 5.41 Å². The molecule has 0 saturated heterocycles. The van der Waals surface area contributed by atoms with E-state index in [1.807, 2.05) is 12.1 Å². The summed E-state index contributed by atoms with van der Waals surface area (Å²) < 4.78 is 6.93. The third-order valence-corrected chi connectivity index (χ3v) is 8.20. The zero-order chi connectivity index (χ0) is 24.6. The van der Waals surface area contributed by atoms with Crippen LogP contribution in [-0.4, -0.2) is 0 Å². The van der Waals surface area contributed by atoms with E-state index in [0.717, 1.165) is 27.7 Å². The van der Waals surface area contributed by atoms with E-state index < -0.39 is 5.41 Å². The van der Waals surface area contributed by atoms with Gasteiger partial charge in [-0.15, -0.1) is 0 Å². The lowest BCUT2D eigenvalue weighted by Gasteiger charge is -2.30. The van der Waals surface area contributed by atoms with Crippen molar-refractivity contribution in [1.82, 2.24) is 0 Å². The Morgan fingerprint density at radius 2 is 1.03 bits per heavy atom. The summed E-state index contributed by atoms with van der Waals surface area (Å²) in [6.45, 7) is 0. The minimum atomic E-state index is -0.523. The van der Waals surface area contributed by atoms with Crippen LogP contribution in [0.15, 0.2) is 132 Å². The summed E-state index contributed by atoms with van der Waals surface area (Å²) in [4.78, 5) is 0. The lowest BCUT2D eigenvalue weighted by atomic mass is 9.70. The Bertz CT molecular complexity index is 1830. The zero-order valence-corrected chi connectivity index (χ0v) is 20.7. The number of furan rings is 1. The molecule has 0 amide bonds. The van der Waals surface area contributed by atoms with E-state index in [9.17, 15) is 0 Å². The van der Waals surface area contributed by atoms with Crippen molar-refractivity contribution in [3.8, 4) is 44.9 Å². The van der Waals surface area contributed by atoms with E-state index >= 15 is 0 Å². The van der Waals surface area contributed by atoms with Crippen LogP contribution < -0.4 is 0 Å². The zero-order valence-electron chi connectivity index (χ0n) is 19.9. The Labute approximate surface area is 220 Å². The fourth-order valence-electron chi connectivity index (χ4n) is 6.61. The van der Waals surface area contributed by atoms with Gasteiger partial charge in [0, 0.05) is 27.3 Å². The minimum Gasteiger partial charge on any atom is -0.455 e. The van der Waals surface area contributed by atoms with Crippen molar-refractivity contribution in [3.63, 3.8) is 0 Å². The molecule has 2 heteroatoms. The second kappa shape index (κ2) is 7.59. The smallest absolute Gasteiger partial charge is 0.142 e. The van der Waals surface area contributed by atoms with Crippen molar-refractivity contribution in [2.24, 2.45) is 0 Å². The van der Waals surface area contributed by atoms with Crippen LogP contribution >= 0.6 is 11.6 Å². The number of rotatable bonds is 2. The van der Waals surface area contributed by atoms with Gasteiger partial charge in [-0.3, -0.25) is 0 Å². The Morgan fingerprint density at radius 1 is 0.486 bits per heavy atom. The number of fused-ring (bicyclic) bond motifs is 10. The van der Waals surface area contributed by atoms with Crippen molar-refractivity contribution in [2.75, 3.05) is 0 Å². The molecule has 1 heterocycles. The summed E-state index contributed by atoms with van der Waals surface area (Å²) >= 11 is 6.72. The summed E-state index contributed by atoms with van der Waals surface area (Å²) in [6.07, 6.45) is 0. The first-order valence-corrected chi connectivity index (χ1v) is 12.9. The van der Waals surface area contributed by atoms with Crippen LogP contribution in [0.25, 0.3) is 44.9 Å². The first-order valence-electron chi connectivity index (χ1n) is 12.6. The maximum atomic E-state index is 6.93. The first-order chi connectivity index (χ1) is 18.3. The molecule has 1 spiro atoms. The highest BCUT2D eigenvalue weighted by molar-refractivity contribution is 6.30. The van der Waals surface area contributed by atoms with Gasteiger partial charge in [-0.2, -0.15) is 0 Å². The molecule has 37 heavy (non-hydrogen) atoms. The van der Waals surface area contributed by atoms with Crippen molar-refractivity contribution in [2.45, 2.75) is 5.41 Å². The van der Waals surface area contributed by atoms with Crippen LogP contribution in [0.4, 0.5) is 0 Å². The van der Waals surface area contributed by atoms with Gasteiger partial charge < -0.3 is 4.42 Å². The fraction of sp³-hybridized carbons (Fsp3) is 0.0286. The summed E-state index contributed by atoms with van der Waals surface area (Å²) in [7, 11) is 0. The molecule has 0 radical (unpaired) electrons. The largest absolute Gasteiger partial charge is 0.455 e. The highest BCUT2D eigenvalue weighted by Gasteiger charge is 2.55. The quantitative estimate of drug-likeness (QED) is 0.234. The van der Waals surface area contributed by atoms with Crippen LogP contribution in [0.5, 0.6) is 0 Å². The highest BCUT2D eigenvalue weighted by Crippen LogP contribution is 2.66. The molecule has 2 aliphatic carbocycles. The fourth-order valence-corrected chi connectivity index (χ4v) is 6.78. The summed E-state index contributed by atoms with van der Waals surface area (Å²) in [5.41, 5.74) is 11.4. The molecule has 1 nitrogen and oxygen atoms in total. The second-order valence-electron chi connectivity index (χ2n) is 9.77. The topological polar surface area (TPSA) is 13.1 Å². The lowest BCUT2D eigenvalue weighted by Crippen LogP contribution is -2.26. The third kappa shape index (κ3) is 2.64. The molecular weight excluding hydrogens is 472 g/mol. The molecule has 0 bridgehead atoms. The van der Waals surface area contributed by atoms with Crippen molar-refractivity contribution in [1.29, 1.82) is 0 Å². The molecule has 1 aromatic heterocycles. The van der Waals surface area contributed by atoms with Gasteiger partial charge in [-0.25, -0.2) is 0 Å². The lowest BCUT2D eigenvalue weighted by molar-refractivity contribution is 0.588. The van der Waals surface area contributed by atoms with E-state index in [1.54, 1.807) is 0 Å². The minimum absolute atomic E-state index is 0.523. The predicted octanol–water partition coefficient (Wildman–Crippen LogP) is 9.61. The van der Waals surface area contributed by atoms with E-state index in [4.69, 9.17) is 16.0 Å². The van der Waals surface area contributed by atoms with E-state index in [0.29, 0.717) is 0 Å². The van der Waals surface area contributed by atoms with Gasteiger partial charge in [0.05, 0.1) is 5.41 Å². The molecule has 6 aromatic rings. The van der Waals surface area contributed by atoms with Crippen molar-refractivity contribution >= 4 is 11.6 Å². The molecule has 0 N–H and O–H groups in total. The molecule has 1 atom stereocenters. The molecule has 0 aliphatic heterocycles. The van der Waals surface area contributed by atoms with E-state index in [2.05, 4.69) is 115 Å². The Morgan fingerprint density at radius 3 is 1.73 bits per heavy atom. The highest BCUT2D eigenvalue weighted by atomic mass is 35.5. The Hall–Kier alpha value is -4.33. The van der Waals surface area contributed by atoms with Crippen molar-refractivity contribution < 1.29 is 4.42 Å². The van der Waals surface area contributed by atoms with Gasteiger partial charge in [0.15, 0.2) is 0 Å². The van der Waals surface area contributed by atoms with Gasteiger partial charge in [0.1, 0.15) is 11.5 Å². The van der Waals surface area contributed by atoms with Crippen LogP contribution in [0.3, 0.4) is 0 Å². The number of hydrogen-bond donors (Lipinski definition) is 0. The normalized spacial score (nSPS) is 16.4. The molecule has 1 unspecified atom stereocenters. The third-order valence-electron chi connectivity index (χ3n) is 7.96. The maximum absolute atomic E-state index is 6.93. The molecule has 8 rings (SSSR count). The van der Waals surface area contributed by atoms with E-state index in [1.165, 1.54) is 44.5 Å². The second-order valence-corrected chi connectivity index (χ2v) is 10.2. The molecule has 0 fully saturated rings.